The highest BCUT2D eigenvalue weighted by Crippen LogP contribution is 2.33. The van der Waals surface area contributed by atoms with Gasteiger partial charge >= 0.3 is 12.1 Å². The van der Waals surface area contributed by atoms with Gasteiger partial charge in [-0.25, -0.2) is 9.78 Å². The molecule has 0 spiro atoms. The summed E-state index contributed by atoms with van der Waals surface area (Å²) in [6.45, 7) is -0.278. The van der Waals surface area contributed by atoms with Crippen molar-refractivity contribution in [3.8, 4) is 5.88 Å². The lowest BCUT2D eigenvalue weighted by Crippen LogP contribution is -2.12. The van der Waals surface area contributed by atoms with Gasteiger partial charge in [0.1, 0.15) is 12.2 Å². The number of carboxylic acids is 1. The molecule has 0 atom stereocenters. The fourth-order valence-electron chi connectivity index (χ4n) is 2.82. The average molecular weight is 514 g/mol. The van der Waals surface area contributed by atoms with E-state index in [1.54, 1.807) is 18.2 Å². The summed E-state index contributed by atoms with van der Waals surface area (Å²) in [5, 5.41) is 12.6. The minimum absolute atomic E-state index is 0.149. The fraction of sp³-hybridized carbons (Fsp3) is 0.136. The fourth-order valence-corrected chi connectivity index (χ4v) is 3.27. The van der Waals surface area contributed by atoms with E-state index in [1.807, 2.05) is 0 Å². The van der Waals surface area contributed by atoms with Crippen molar-refractivity contribution in [1.82, 2.24) is 9.97 Å². The van der Waals surface area contributed by atoms with Crippen molar-refractivity contribution in [3.05, 3.63) is 81.7 Å². The Bertz CT molecular complexity index is 1240. The van der Waals surface area contributed by atoms with Crippen LogP contribution in [-0.2, 0) is 22.3 Å². The van der Waals surface area contributed by atoms with Crippen molar-refractivity contribution in [3.63, 3.8) is 0 Å². The molecule has 12 heteroatoms. The van der Waals surface area contributed by atoms with Gasteiger partial charge < -0.3 is 19.9 Å². The third-order valence-corrected chi connectivity index (χ3v) is 4.87. The number of nitrogens with one attached hydrogen (secondary N) is 1. The largest absolute Gasteiger partial charge is 0.503 e. The number of hydrogen-bond donors (Lipinski definition) is 2. The van der Waals surface area contributed by atoms with Gasteiger partial charge in [0.15, 0.2) is 5.69 Å². The summed E-state index contributed by atoms with van der Waals surface area (Å²) in [5.41, 5.74) is -0.509. The summed E-state index contributed by atoms with van der Waals surface area (Å²) < 4.78 is 50.6. The summed E-state index contributed by atoms with van der Waals surface area (Å²) in [4.78, 5) is 19.0. The highest BCUT2D eigenvalue weighted by molar-refractivity contribution is 6.36. The molecule has 0 aliphatic carbocycles. The van der Waals surface area contributed by atoms with Crippen LogP contribution in [0.25, 0.3) is 5.57 Å². The summed E-state index contributed by atoms with van der Waals surface area (Å²) in [6.07, 6.45) is -3.73. The van der Waals surface area contributed by atoms with Crippen molar-refractivity contribution in [2.75, 3.05) is 12.4 Å². The van der Waals surface area contributed by atoms with Crippen molar-refractivity contribution in [1.29, 1.82) is 0 Å². The van der Waals surface area contributed by atoms with Crippen LogP contribution >= 0.6 is 23.2 Å². The molecule has 1 heterocycles. The number of nitrogens with zero attached hydrogens (tertiary/aromatic N) is 2. The second kappa shape index (κ2) is 10.6. The maximum atomic E-state index is 13.4. The molecule has 0 saturated heterocycles. The zero-order chi connectivity index (χ0) is 24.9. The lowest BCUT2D eigenvalue weighted by atomic mass is 10.0. The molecule has 2 aromatic carbocycles. The van der Waals surface area contributed by atoms with Crippen molar-refractivity contribution in [2.24, 2.45) is 0 Å². The number of benzene rings is 2. The van der Waals surface area contributed by atoms with Gasteiger partial charge in [0.25, 0.3) is 0 Å². The molecule has 2 N–H and O–H groups in total. The molecule has 34 heavy (non-hydrogen) atoms. The number of ether oxygens (including phenoxy) is 2. The molecule has 0 aliphatic heterocycles. The van der Waals surface area contributed by atoms with Crippen LogP contribution in [0.5, 0.6) is 5.88 Å². The Balaban J connectivity index is 1.93. The highest BCUT2D eigenvalue weighted by Gasteiger charge is 2.34. The molecule has 0 saturated carbocycles. The monoisotopic (exact) mass is 513 g/mol. The number of hydrogen-bond acceptors (Lipinski definition) is 6. The number of alkyl halides is 3. The first kappa shape index (κ1) is 25.1. The van der Waals surface area contributed by atoms with E-state index < -0.39 is 29.7 Å². The number of methoxy groups -OCH3 is 1. The molecule has 0 bridgehead atoms. The Morgan fingerprint density at radius 2 is 1.88 bits per heavy atom. The topological polar surface area (TPSA) is 93.6 Å². The first-order valence-corrected chi connectivity index (χ1v) is 10.2. The van der Waals surface area contributed by atoms with Crippen molar-refractivity contribution < 1.29 is 32.5 Å². The van der Waals surface area contributed by atoms with Gasteiger partial charge in [-0.15, -0.1) is 0 Å². The number of rotatable bonds is 8. The first-order chi connectivity index (χ1) is 16.1. The molecule has 0 fully saturated rings. The third-order valence-electron chi connectivity index (χ3n) is 4.32. The number of aliphatic carboxylic acids is 1. The molecule has 0 unspecified atom stereocenters. The van der Waals surface area contributed by atoms with Gasteiger partial charge in [0.05, 0.1) is 24.1 Å². The van der Waals surface area contributed by atoms with Gasteiger partial charge in [0, 0.05) is 11.1 Å². The SMILES string of the molecule is CO/C=C(\C(=O)O)c1ccccc1COc1cc(C(F)(F)F)nc(Nc2ccc(Cl)cc2Cl)n1. The molecular formula is C22H16Cl2F3N3O4. The Morgan fingerprint density at radius 1 is 1.15 bits per heavy atom. The second-order valence-corrected chi connectivity index (χ2v) is 7.52. The summed E-state index contributed by atoms with van der Waals surface area (Å²) >= 11 is 11.9. The molecular weight excluding hydrogens is 498 g/mol. The Morgan fingerprint density at radius 3 is 2.53 bits per heavy atom. The molecule has 3 rings (SSSR count). The molecule has 1 aromatic heterocycles. The van der Waals surface area contributed by atoms with Gasteiger partial charge in [-0.2, -0.15) is 18.2 Å². The zero-order valence-corrected chi connectivity index (χ0v) is 18.9. The smallest absolute Gasteiger partial charge is 0.433 e. The minimum atomic E-state index is -4.78. The summed E-state index contributed by atoms with van der Waals surface area (Å²) in [5.74, 6) is -2.05. The number of anilines is 2. The van der Waals surface area contributed by atoms with Crippen LogP contribution in [0.2, 0.25) is 10.0 Å². The molecule has 178 valence electrons. The van der Waals surface area contributed by atoms with Crippen LogP contribution in [-0.4, -0.2) is 28.2 Å². The second-order valence-electron chi connectivity index (χ2n) is 6.68. The van der Waals surface area contributed by atoms with Crippen LogP contribution in [0.3, 0.4) is 0 Å². The zero-order valence-electron chi connectivity index (χ0n) is 17.4. The maximum Gasteiger partial charge on any atom is 0.433 e. The number of aromatic nitrogens is 2. The molecule has 0 amide bonds. The highest BCUT2D eigenvalue weighted by atomic mass is 35.5. The third kappa shape index (κ3) is 6.30. The van der Waals surface area contributed by atoms with Crippen LogP contribution in [0, 0.1) is 0 Å². The number of carboxylic acid groups (broad SMARTS) is 1. The van der Waals surface area contributed by atoms with E-state index in [4.69, 9.17) is 32.7 Å². The van der Waals surface area contributed by atoms with E-state index in [9.17, 15) is 23.1 Å². The normalized spacial score (nSPS) is 11.8. The van der Waals surface area contributed by atoms with E-state index in [0.717, 1.165) is 6.26 Å². The average Bonchev–Trinajstić information content (AvgIpc) is 2.77. The van der Waals surface area contributed by atoms with Gasteiger partial charge in [-0.1, -0.05) is 47.5 Å². The van der Waals surface area contributed by atoms with E-state index in [0.29, 0.717) is 16.7 Å². The number of halogens is 5. The first-order valence-electron chi connectivity index (χ1n) is 9.44. The standard InChI is InChI=1S/C22H16Cl2F3N3O4/c1-33-11-15(20(31)32)14-5-3-2-4-12(14)10-34-19-9-18(22(25,26)27)29-21(30-19)28-17-7-6-13(23)8-16(17)24/h2-9,11H,10H2,1H3,(H,31,32)(H,28,29,30)/b15-11-. The van der Waals surface area contributed by atoms with E-state index in [1.165, 1.54) is 31.4 Å². The Hall–Kier alpha value is -3.50. The Labute approximate surface area is 201 Å². The summed E-state index contributed by atoms with van der Waals surface area (Å²) in [7, 11) is 1.29. The molecule has 7 nitrogen and oxygen atoms in total. The van der Waals surface area contributed by atoms with Crippen molar-refractivity contribution >= 4 is 46.4 Å². The molecule has 0 radical (unpaired) electrons. The maximum absolute atomic E-state index is 13.4. The van der Waals surface area contributed by atoms with Crippen LogP contribution in [0.4, 0.5) is 24.8 Å². The van der Waals surface area contributed by atoms with Gasteiger partial charge in [0.2, 0.25) is 11.8 Å². The van der Waals surface area contributed by atoms with Crippen LogP contribution < -0.4 is 10.1 Å². The Kier molecular flexibility index (Phi) is 7.85. The van der Waals surface area contributed by atoms with E-state index in [-0.39, 0.29) is 28.5 Å². The predicted molar refractivity (Wildman–Crippen MR) is 120 cm³/mol. The van der Waals surface area contributed by atoms with Crippen LogP contribution in [0.15, 0.2) is 54.8 Å². The lowest BCUT2D eigenvalue weighted by Gasteiger charge is -2.14. The van der Waals surface area contributed by atoms with E-state index in [2.05, 4.69) is 15.3 Å². The number of carbonyl (C=O) groups is 1. The molecule has 3 aromatic rings. The van der Waals surface area contributed by atoms with E-state index >= 15 is 0 Å². The lowest BCUT2D eigenvalue weighted by molar-refractivity contribution is -0.141. The van der Waals surface area contributed by atoms with Gasteiger partial charge in [-0.05, 0) is 29.3 Å². The van der Waals surface area contributed by atoms with Crippen LogP contribution in [0.1, 0.15) is 16.8 Å². The van der Waals surface area contributed by atoms with Crippen molar-refractivity contribution in [2.45, 2.75) is 12.8 Å². The quantitative estimate of drug-likeness (QED) is 0.273. The summed E-state index contributed by atoms with van der Waals surface area (Å²) in [6, 6.07) is 11.3. The van der Waals surface area contributed by atoms with Gasteiger partial charge in [-0.3, -0.25) is 0 Å². The predicted octanol–water partition coefficient (Wildman–Crippen LogP) is 6.20. The molecule has 0 aliphatic rings. The minimum Gasteiger partial charge on any atom is -0.503 e.